The van der Waals surface area contributed by atoms with Gasteiger partial charge in [-0.15, -0.1) is 12.4 Å². The third-order valence-electron chi connectivity index (χ3n) is 3.91. The smallest absolute Gasteiger partial charge is 0.242 e. The van der Waals surface area contributed by atoms with E-state index < -0.39 is 0 Å². The minimum atomic E-state index is -0.142. The molecule has 106 valence electrons. The minimum absolute atomic E-state index is 0. The Morgan fingerprint density at radius 2 is 2.06 bits per heavy atom. The van der Waals surface area contributed by atoms with Crippen LogP contribution in [0.5, 0.6) is 0 Å². The van der Waals surface area contributed by atoms with Crippen molar-refractivity contribution in [1.82, 2.24) is 10.2 Å². The largest absolute Gasteiger partial charge is 0.375 e. The van der Waals surface area contributed by atoms with Crippen molar-refractivity contribution in [3.8, 4) is 0 Å². The normalized spacial score (nSPS) is 33.4. The predicted octanol–water partition coefficient (Wildman–Crippen LogP) is 1.43. The summed E-state index contributed by atoms with van der Waals surface area (Å²) in [4.78, 5) is 14.4. The lowest BCUT2D eigenvalue weighted by Gasteiger charge is -2.33. The van der Waals surface area contributed by atoms with Crippen molar-refractivity contribution in [2.75, 3.05) is 26.2 Å². The molecule has 4 nitrogen and oxygen atoms in total. The lowest BCUT2D eigenvalue weighted by Crippen LogP contribution is -2.56. The fourth-order valence-electron chi connectivity index (χ4n) is 2.69. The van der Waals surface area contributed by atoms with E-state index in [2.05, 4.69) is 12.2 Å². The number of likely N-dealkylation sites (tertiary alicyclic amines) is 1. The zero-order chi connectivity index (χ0) is 12.3. The molecule has 0 spiro atoms. The standard InChI is InChI=1S/C13H24N2O2.ClH/c1-10-4-3-7-15(8-5-10)13(16)12-11(2)17-9-6-14-12;/h10-12,14H,3-9H2,1-2H3;1H/t10?,11-,12+;/m1./s1. The third-order valence-corrected chi connectivity index (χ3v) is 3.91. The van der Waals surface area contributed by atoms with Crippen LogP contribution in [-0.2, 0) is 9.53 Å². The molecule has 1 amide bonds. The zero-order valence-corrected chi connectivity index (χ0v) is 12.2. The fourth-order valence-corrected chi connectivity index (χ4v) is 2.69. The van der Waals surface area contributed by atoms with Crippen LogP contribution < -0.4 is 5.32 Å². The molecule has 1 N–H and O–H groups in total. The lowest BCUT2D eigenvalue weighted by atomic mass is 10.0. The van der Waals surface area contributed by atoms with Crippen LogP contribution in [-0.4, -0.2) is 49.2 Å². The van der Waals surface area contributed by atoms with Gasteiger partial charge in [0.15, 0.2) is 0 Å². The molecule has 0 aromatic rings. The highest BCUT2D eigenvalue weighted by molar-refractivity contribution is 5.85. The molecule has 2 aliphatic heterocycles. The number of carbonyl (C=O) groups is 1. The second kappa shape index (κ2) is 7.31. The summed E-state index contributed by atoms with van der Waals surface area (Å²) in [5.41, 5.74) is 0. The number of nitrogens with one attached hydrogen (secondary N) is 1. The van der Waals surface area contributed by atoms with Gasteiger partial charge in [-0.2, -0.15) is 0 Å². The third kappa shape index (κ3) is 3.84. The van der Waals surface area contributed by atoms with E-state index in [9.17, 15) is 4.79 Å². The van der Waals surface area contributed by atoms with Crippen LogP contribution in [0.2, 0.25) is 0 Å². The number of morpholine rings is 1. The Bertz CT molecular complexity index is 276. The molecule has 0 aliphatic carbocycles. The average Bonchev–Trinajstić information content (AvgIpc) is 2.54. The first-order chi connectivity index (χ1) is 8.18. The van der Waals surface area contributed by atoms with Crippen LogP contribution in [0.15, 0.2) is 0 Å². The Hall–Kier alpha value is -0.320. The number of amides is 1. The van der Waals surface area contributed by atoms with Crippen molar-refractivity contribution < 1.29 is 9.53 Å². The number of hydrogen-bond acceptors (Lipinski definition) is 3. The number of hydrogen-bond donors (Lipinski definition) is 1. The van der Waals surface area contributed by atoms with Gasteiger partial charge in [-0.1, -0.05) is 6.92 Å². The van der Waals surface area contributed by atoms with Gasteiger partial charge >= 0.3 is 0 Å². The van der Waals surface area contributed by atoms with E-state index in [1.54, 1.807) is 0 Å². The van der Waals surface area contributed by atoms with Gasteiger partial charge in [0.05, 0.1) is 12.7 Å². The molecule has 1 unspecified atom stereocenters. The molecule has 2 fully saturated rings. The van der Waals surface area contributed by atoms with Gasteiger partial charge in [0.2, 0.25) is 5.91 Å². The maximum absolute atomic E-state index is 12.4. The van der Waals surface area contributed by atoms with Gasteiger partial charge < -0.3 is 15.0 Å². The summed E-state index contributed by atoms with van der Waals surface area (Å²) in [6, 6.07) is -0.142. The van der Waals surface area contributed by atoms with E-state index in [1.165, 1.54) is 6.42 Å². The molecular weight excluding hydrogens is 252 g/mol. The van der Waals surface area contributed by atoms with Crippen LogP contribution >= 0.6 is 12.4 Å². The molecular formula is C13H25ClN2O2. The van der Waals surface area contributed by atoms with Crippen LogP contribution in [0.3, 0.4) is 0 Å². The maximum Gasteiger partial charge on any atom is 0.242 e. The van der Waals surface area contributed by atoms with Gasteiger partial charge in [0.1, 0.15) is 6.04 Å². The van der Waals surface area contributed by atoms with Crippen LogP contribution in [0.4, 0.5) is 0 Å². The number of rotatable bonds is 1. The predicted molar refractivity (Wildman–Crippen MR) is 74.0 cm³/mol. The monoisotopic (exact) mass is 276 g/mol. The lowest BCUT2D eigenvalue weighted by molar-refractivity contribution is -0.139. The molecule has 2 rings (SSSR count). The summed E-state index contributed by atoms with van der Waals surface area (Å²) in [7, 11) is 0. The number of halogens is 1. The van der Waals surface area contributed by atoms with E-state index in [0.717, 1.165) is 38.4 Å². The summed E-state index contributed by atoms with van der Waals surface area (Å²) >= 11 is 0. The van der Waals surface area contributed by atoms with Crippen molar-refractivity contribution >= 4 is 18.3 Å². The molecule has 2 heterocycles. The van der Waals surface area contributed by atoms with E-state index in [0.29, 0.717) is 6.61 Å². The van der Waals surface area contributed by atoms with Gasteiger partial charge in [-0.3, -0.25) is 4.79 Å². The van der Waals surface area contributed by atoms with Gasteiger partial charge in [-0.25, -0.2) is 0 Å². The molecule has 18 heavy (non-hydrogen) atoms. The summed E-state index contributed by atoms with van der Waals surface area (Å²) in [5.74, 6) is 0.979. The fraction of sp³-hybridized carbons (Fsp3) is 0.923. The van der Waals surface area contributed by atoms with E-state index in [4.69, 9.17) is 4.74 Å². The first-order valence-corrected chi connectivity index (χ1v) is 6.82. The van der Waals surface area contributed by atoms with Crippen molar-refractivity contribution in [2.24, 2.45) is 5.92 Å². The Labute approximate surface area is 116 Å². The van der Waals surface area contributed by atoms with Crippen LogP contribution in [0.1, 0.15) is 33.1 Å². The first kappa shape index (κ1) is 15.7. The zero-order valence-electron chi connectivity index (χ0n) is 11.4. The Kier molecular flexibility index (Phi) is 6.39. The number of nitrogens with zero attached hydrogens (tertiary/aromatic N) is 1. The molecule has 5 heteroatoms. The van der Waals surface area contributed by atoms with Gasteiger partial charge in [0, 0.05) is 19.6 Å². The molecule has 0 bridgehead atoms. The van der Waals surface area contributed by atoms with Gasteiger partial charge in [-0.05, 0) is 32.1 Å². The van der Waals surface area contributed by atoms with E-state index >= 15 is 0 Å². The van der Waals surface area contributed by atoms with E-state index in [-0.39, 0.29) is 30.5 Å². The molecule has 0 aromatic heterocycles. The molecule has 3 atom stereocenters. The second-order valence-corrected chi connectivity index (χ2v) is 5.37. The number of carbonyl (C=O) groups excluding carboxylic acids is 1. The SMILES string of the molecule is CC1CCCN(C(=O)[C@H]2NCCO[C@@H]2C)CC1.Cl. The minimum Gasteiger partial charge on any atom is -0.375 e. The highest BCUT2D eigenvalue weighted by Crippen LogP contribution is 2.18. The Morgan fingerprint density at radius 3 is 2.78 bits per heavy atom. The maximum atomic E-state index is 12.4. The van der Waals surface area contributed by atoms with E-state index in [1.807, 2.05) is 11.8 Å². The highest BCUT2D eigenvalue weighted by Gasteiger charge is 2.32. The van der Waals surface area contributed by atoms with Crippen molar-refractivity contribution in [3.63, 3.8) is 0 Å². The molecule has 0 aromatic carbocycles. The Balaban J connectivity index is 0.00000162. The summed E-state index contributed by atoms with van der Waals surface area (Å²) < 4.78 is 5.54. The van der Waals surface area contributed by atoms with Gasteiger partial charge in [0.25, 0.3) is 0 Å². The average molecular weight is 277 g/mol. The molecule has 0 saturated carbocycles. The first-order valence-electron chi connectivity index (χ1n) is 6.82. The van der Waals surface area contributed by atoms with Crippen molar-refractivity contribution in [3.05, 3.63) is 0 Å². The molecule has 2 saturated heterocycles. The second-order valence-electron chi connectivity index (χ2n) is 5.37. The Morgan fingerprint density at radius 1 is 1.28 bits per heavy atom. The van der Waals surface area contributed by atoms with Crippen LogP contribution in [0, 0.1) is 5.92 Å². The van der Waals surface area contributed by atoms with Crippen molar-refractivity contribution in [2.45, 2.75) is 45.3 Å². The van der Waals surface area contributed by atoms with Crippen LogP contribution in [0.25, 0.3) is 0 Å². The van der Waals surface area contributed by atoms with Crippen molar-refractivity contribution in [1.29, 1.82) is 0 Å². The topological polar surface area (TPSA) is 41.6 Å². The summed E-state index contributed by atoms with van der Waals surface area (Å²) in [6.45, 7) is 7.57. The quantitative estimate of drug-likeness (QED) is 0.788. The molecule has 0 radical (unpaired) electrons. The summed E-state index contributed by atoms with van der Waals surface area (Å²) in [6.07, 6.45) is 3.51. The molecule has 2 aliphatic rings. The summed E-state index contributed by atoms with van der Waals surface area (Å²) in [5, 5.41) is 3.28. The highest BCUT2D eigenvalue weighted by atomic mass is 35.5. The number of ether oxygens (including phenoxy) is 1.